The number of hydrogen-bond donors (Lipinski definition) is 1. The van der Waals surface area contributed by atoms with Crippen LogP contribution in [0.5, 0.6) is 0 Å². The molecule has 1 atom stereocenters. The fourth-order valence-electron chi connectivity index (χ4n) is 3.87. The molecule has 0 fully saturated rings. The first-order chi connectivity index (χ1) is 14.5. The summed E-state index contributed by atoms with van der Waals surface area (Å²) in [5, 5.41) is 11.7. The molecule has 7 heteroatoms. The Labute approximate surface area is 177 Å². The predicted molar refractivity (Wildman–Crippen MR) is 114 cm³/mol. The minimum absolute atomic E-state index is 0.245. The summed E-state index contributed by atoms with van der Waals surface area (Å²) in [4.78, 5) is 14.8. The molecule has 0 bridgehead atoms. The highest BCUT2D eigenvalue weighted by Crippen LogP contribution is 2.19. The third-order valence-electron chi connectivity index (χ3n) is 5.68. The van der Waals surface area contributed by atoms with Crippen molar-refractivity contribution >= 4 is 5.91 Å². The fourth-order valence-corrected chi connectivity index (χ4v) is 3.87. The van der Waals surface area contributed by atoms with Crippen LogP contribution in [0, 0.1) is 0 Å². The maximum Gasteiger partial charge on any atom is 0.287 e. The topological polar surface area (TPSA) is 76.2 Å². The zero-order valence-electron chi connectivity index (χ0n) is 17.8. The van der Waals surface area contributed by atoms with Crippen LogP contribution in [-0.2, 0) is 19.5 Å². The Bertz CT molecular complexity index is 976. The monoisotopic (exact) mass is 407 g/mol. The maximum absolute atomic E-state index is 12.3. The lowest BCUT2D eigenvalue weighted by Gasteiger charge is -2.20. The number of amides is 1. The molecular formula is C23H29N5O2. The summed E-state index contributed by atoms with van der Waals surface area (Å²) in [6.45, 7) is 9.96. The molecule has 4 rings (SSSR count). The molecule has 158 valence electrons. The van der Waals surface area contributed by atoms with Crippen LogP contribution in [0.2, 0.25) is 0 Å². The van der Waals surface area contributed by atoms with Crippen molar-refractivity contribution in [2.45, 2.75) is 52.2 Å². The van der Waals surface area contributed by atoms with Gasteiger partial charge in [-0.05, 0) is 36.1 Å². The van der Waals surface area contributed by atoms with Crippen LogP contribution >= 0.6 is 0 Å². The van der Waals surface area contributed by atoms with Crippen LogP contribution in [0.4, 0.5) is 0 Å². The van der Waals surface area contributed by atoms with E-state index < -0.39 is 0 Å². The Hall–Kier alpha value is -2.93. The lowest BCUT2D eigenvalue weighted by Crippen LogP contribution is -2.30. The normalized spacial score (nSPS) is 15.6. The average Bonchev–Trinajstić information content (AvgIpc) is 3.37. The third kappa shape index (κ3) is 4.46. The summed E-state index contributed by atoms with van der Waals surface area (Å²) in [5.74, 6) is 2.36. The second kappa shape index (κ2) is 8.83. The third-order valence-corrected chi connectivity index (χ3v) is 5.68. The van der Waals surface area contributed by atoms with E-state index in [0.29, 0.717) is 11.7 Å². The Morgan fingerprint density at radius 1 is 1.10 bits per heavy atom. The van der Waals surface area contributed by atoms with Gasteiger partial charge in [0, 0.05) is 32.6 Å². The van der Waals surface area contributed by atoms with E-state index in [-0.39, 0.29) is 11.9 Å². The molecule has 1 aliphatic rings. The summed E-state index contributed by atoms with van der Waals surface area (Å²) in [6, 6.07) is 12.0. The number of fused-ring (bicyclic) bond motifs is 1. The van der Waals surface area contributed by atoms with E-state index in [1.165, 1.54) is 17.4 Å². The fraction of sp³-hybridized carbons (Fsp3) is 0.435. The number of carbonyl (C=O) groups is 1. The molecule has 30 heavy (non-hydrogen) atoms. The van der Waals surface area contributed by atoms with E-state index in [1.54, 1.807) is 12.1 Å². The molecule has 0 aliphatic carbocycles. The summed E-state index contributed by atoms with van der Waals surface area (Å²) >= 11 is 0. The van der Waals surface area contributed by atoms with Gasteiger partial charge in [-0.25, -0.2) is 0 Å². The van der Waals surface area contributed by atoms with E-state index >= 15 is 0 Å². The van der Waals surface area contributed by atoms with Crippen LogP contribution in [0.3, 0.4) is 0 Å². The molecular weight excluding hydrogens is 378 g/mol. The van der Waals surface area contributed by atoms with E-state index in [2.05, 4.69) is 63.1 Å². The van der Waals surface area contributed by atoms with E-state index in [9.17, 15) is 4.79 Å². The number of nitrogens with zero attached hydrogens (tertiary/aromatic N) is 4. The van der Waals surface area contributed by atoms with Crippen LogP contribution in [0.15, 0.2) is 47.1 Å². The van der Waals surface area contributed by atoms with Crippen molar-refractivity contribution in [1.29, 1.82) is 0 Å². The van der Waals surface area contributed by atoms with Gasteiger partial charge in [-0.1, -0.05) is 38.1 Å². The van der Waals surface area contributed by atoms with E-state index in [0.717, 1.165) is 44.2 Å². The minimum atomic E-state index is -0.251. The van der Waals surface area contributed by atoms with Crippen molar-refractivity contribution in [3.63, 3.8) is 0 Å². The molecule has 1 N–H and O–H groups in total. The molecule has 7 nitrogen and oxygen atoms in total. The molecule has 1 unspecified atom stereocenters. The van der Waals surface area contributed by atoms with Crippen LogP contribution in [0.25, 0.3) is 0 Å². The number of carbonyl (C=O) groups excluding carboxylic acids is 1. The highest BCUT2D eigenvalue weighted by atomic mass is 16.3. The van der Waals surface area contributed by atoms with E-state index in [4.69, 9.17) is 4.42 Å². The number of benzene rings is 1. The number of hydrogen-bond acceptors (Lipinski definition) is 5. The number of furan rings is 1. The number of aromatic nitrogens is 3. The van der Waals surface area contributed by atoms with Gasteiger partial charge >= 0.3 is 0 Å². The summed E-state index contributed by atoms with van der Waals surface area (Å²) in [6.07, 6.45) is 2.34. The Morgan fingerprint density at radius 3 is 2.60 bits per heavy atom. The van der Waals surface area contributed by atoms with Gasteiger partial charge in [0.15, 0.2) is 11.6 Å². The Morgan fingerprint density at radius 2 is 1.90 bits per heavy atom. The van der Waals surface area contributed by atoms with Gasteiger partial charge in [-0.15, -0.1) is 10.2 Å². The van der Waals surface area contributed by atoms with Gasteiger partial charge in [0.2, 0.25) is 0 Å². The molecule has 0 spiro atoms. The number of nitrogens with one attached hydrogen (secondary N) is 1. The van der Waals surface area contributed by atoms with Gasteiger partial charge in [0.25, 0.3) is 5.91 Å². The molecule has 0 radical (unpaired) electrons. The average molecular weight is 408 g/mol. The van der Waals surface area contributed by atoms with Gasteiger partial charge in [-0.3, -0.25) is 9.69 Å². The first-order valence-electron chi connectivity index (χ1n) is 10.6. The van der Waals surface area contributed by atoms with Crippen molar-refractivity contribution in [2.24, 2.45) is 0 Å². The molecule has 0 saturated carbocycles. The Kier molecular flexibility index (Phi) is 5.99. The molecule has 1 aromatic carbocycles. The van der Waals surface area contributed by atoms with Crippen molar-refractivity contribution < 1.29 is 9.21 Å². The molecule has 1 amide bonds. The highest BCUT2D eigenvalue weighted by molar-refractivity contribution is 5.91. The van der Waals surface area contributed by atoms with Crippen LogP contribution in [-0.4, -0.2) is 38.7 Å². The summed E-state index contributed by atoms with van der Waals surface area (Å²) in [7, 11) is 0. The molecule has 3 aromatic rings. The zero-order chi connectivity index (χ0) is 21.1. The van der Waals surface area contributed by atoms with Crippen molar-refractivity contribution in [3.8, 4) is 0 Å². The largest absolute Gasteiger partial charge is 0.459 e. The Balaban J connectivity index is 1.39. The smallest absolute Gasteiger partial charge is 0.287 e. The lowest BCUT2D eigenvalue weighted by molar-refractivity contribution is 0.0909. The number of rotatable bonds is 6. The second-order valence-corrected chi connectivity index (χ2v) is 8.22. The molecule has 3 heterocycles. The van der Waals surface area contributed by atoms with Gasteiger partial charge in [-0.2, -0.15) is 0 Å². The first kappa shape index (κ1) is 20.3. The summed E-state index contributed by atoms with van der Waals surface area (Å²) < 4.78 is 7.32. The lowest BCUT2D eigenvalue weighted by atomic mass is 10.0. The molecule has 0 saturated heterocycles. The summed E-state index contributed by atoms with van der Waals surface area (Å²) in [5.41, 5.74) is 2.70. The molecule has 1 aliphatic heterocycles. The maximum atomic E-state index is 12.3. The van der Waals surface area contributed by atoms with Gasteiger partial charge in [0.1, 0.15) is 5.82 Å². The molecule has 2 aromatic heterocycles. The standard InChI is InChI=1S/C23H29N5O2/c1-16(2)19-8-6-18(7-9-19)15-27-11-10-21-25-26-22(28(21)13-12-27)17(3)24-23(29)20-5-4-14-30-20/h4-9,14,16-17H,10-13,15H2,1-3H3,(H,24,29). The quantitative estimate of drug-likeness (QED) is 0.676. The van der Waals surface area contributed by atoms with Crippen molar-refractivity contribution in [1.82, 2.24) is 25.0 Å². The van der Waals surface area contributed by atoms with Crippen molar-refractivity contribution in [2.75, 3.05) is 13.1 Å². The highest BCUT2D eigenvalue weighted by Gasteiger charge is 2.23. The van der Waals surface area contributed by atoms with Crippen molar-refractivity contribution in [3.05, 3.63) is 71.2 Å². The van der Waals surface area contributed by atoms with Crippen LogP contribution < -0.4 is 5.32 Å². The second-order valence-electron chi connectivity index (χ2n) is 8.22. The van der Waals surface area contributed by atoms with Gasteiger partial charge in [0.05, 0.1) is 12.3 Å². The predicted octanol–water partition coefficient (Wildman–Crippen LogP) is 3.54. The van der Waals surface area contributed by atoms with E-state index in [1.807, 2.05) is 6.92 Å². The SMILES string of the molecule is CC(C)c1ccc(CN2CCc3nnc(C(C)NC(=O)c4ccco4)n3CC2)cc1. The first-order valence-corrected chi connectivity index (χ1v) is 10.6. The zero-order valence-corrected chi connectivity index (χ0v) is 17.8. The van der Waals surface area contributed by atoms with Gasteiger partial charge < -0.3 is 14.3 Å². The van der Waals surface area contributed by atoms with Crippen LogP contribution in [0.1, 0.15) is 66.1 Å². The minimum Gasteiger partial charge on any atom is -0.459 e.